The van der Waals surface area contributed by atoms with Crippen molar-refractivity contribution >= 4 is 5.97 Å². The van der Waals surface area contributed by atoms with Gasteiger partial charge in [0.2, 0.25) is 0 Å². The molecule has 0 atom stereocenters. The van der Waals surface area contributed by atoms with Gasteiger partial charge < -0.3 is 9.84 Å². The molecule has 0 saturated carbocycles. The predicted molar refractivity (Wildman–Crippen MR) is 91.7 cm³/mol. The standard InChI is InChI=1S/C20H24O3/c1-23-20(22)19-13-10-16(11-14-19)9-12-18-7-3-2-6-17(18)8-4-5-15-21/h2-3,6-7,10-11,13-14,21H,4-5,8-9,12,15H2,1H3. The first kappa shape index (κ1) is 17.2. The molecular formula is C20H24O3. The summed E-state index contributed by atoms with van der Waals surface area (Å²) in [6.07, 6.45) is 4.80. The predicted octanol–water partition coefficient (Wildman–Crippen LogP) is 3.57. The van der Waals surface area contributed by atoms with Gasteiger partial charge in [0.05, 0.1) is 12.7 Å². The highest BCUT2D eigenvalue weighted by Crippen LogP contribution is 2.16. The number of hydrogen-bond acceptors (Lipinski definition) is 3. The van der Waals surface area contributed by atoms with E-state index in [1.165, 1.54) is 23.8 Å². The van der Waals surface area contributed by atoms with Crippen LogP contribution in [0.15, 0.2) is 48.5 Å². The summed E-state index contributed by atoms with van der Waals surface area (Å²) in [6.45, 7) is 0.259. The maximum absolute atomic E-state index is 11.4. The van der Waals surface area contributed by atoms with Gasteiger partial charge in [0.25, 0.3) is 0 Å². The number of esters is 1. The van der Waals surface area contributed by atoms with Crippen molar-refractivity contribution in [2.45, 2.75) is 32.1 Å². The van der Waals surface area contributed by atoms with Gasteiger partial charge in [0.15, 0.2) is 0 Å². The molecule has 23 heavy (non-hydrogen) atoms. The van der Waals surface area contributed by atoms with Gasteiger partial charge in [0, 0.05) is 6.61 Å². The summed E-state index contributed by atoms with van der Waals surface area (Å²) in [5.74, 6) is -0.300. The molecule has 2 aromatic rings. The Kier molecular flexibility index (Phi) is 6.82. The van der Waals surface area contributed by atoms with Crippen LogP contribution in [-0.2, 0) is 24.0 Å². The molecule has 0 unspecified atom stereocenters. The van der Waals surface area contributed by atoms with Gasteiger partial charge in [-0.2, -0.15) is 0 Å². The lowest BCUT2D eigenvalue weighted by molar-refractivity contribution is 0.0600. The molecule has 0 saturated heterocycles. The van der Waals surface area contributed by atoms with Gasteiger partial charge in [-0.3, -0.25) is 0 Å². The van der Waals surface area contributed by atoms with Crippen molar-refractivity contribution in [3.63, 3.8) is 0 Å². The van der Waals surface area contributed by atoms with E-state index < -0.39 is 0 Å². The third-order valence-corrected chi connectivity index (χ3v) is 4.03. The van der Waals surface area contributed by atoms with E-state index >= 15 is 0 Å². The molecule has 0 fully saturated rings. The minimum Gasteiger partial charge on any atom is -0.465 e. The zero-order chi connectivity index (χ0) is 16.5. The molecule has 0 radical (unpaired) electrons. The summed E-state index contributed by atoms with van der Waals surface area (Å²) < 4.78 is 4.71. The van der Waals surface area contributed by atoms with Crippen molar-refractivity contribution in [1.82, 2.24) is 0 Å². The highest BCUT2D eigenvalue weighted by atomic mass is 16.5. The average molecular weight is 312 g/mol. The van der Waals surface area contributed by atoms with E-state index in [-0.39, 0.29) is 12.6 Å². The second kappa shape index (κ2) is 9.11. The van der Waals surface area contributed by atoms with Crippen LogP contribution in [0.2, 0.25) is 0 Å². The SMILES string of the molecule is COC(=O)c1ccc(CCc2ccccc2CCCCO)cc1. The molecule has 122 valence electrons. The lowest BCUT2D eigenvalue weighted by atomic mass is 9.96. The maximum atomic E-state index is 11.4. The first-order chi connectivity index (χ1) is 11.2. The van der Waals surface area contributed by atoms with E-state index in [0.717, 1.165) is 32.1 Å². The van der Waals surface area contributed by atoms with E-state index in [4.69, 9.17) is 9.84 Å². The second-order valence-corrected chi connectivity index (χ2v) is 5.64. The van der Waals surface area contributed by atoms with E-state index in [2.05, 4.69) is 24.3 Å². The van der Waals surface area contributed by atoms with Crippen molar-refractivity contribution in [1.29, 1.82) is 0 Å². The van der Waals surface area contributed by atoms with Crippen molar-refractivity contribution < 1.29 is 14.6 Å². The molecule has 0 aliphatic heterocycles. The summed E-state index contributed by atoms with van der Waals surface area (Å²) in [5, 5.41) is 8.91. The number of hydrogen-bond donors (Lipinski definition) is 1. The van der Waals surface area contributed by atoms with Gasteiger partial charge >= 0.3 is 5.97 Å². The molecule has 0 spiro atoms. The van der Waals surface area contributed by atoms with Crippen molar-refractivity contribution in [3.05, 3.63) is 70.8 Å². The van der Waals surface area contributed by atoms with Crippen LogP contribution in [0.5, 0.6) is 0 Å². The fourth-order valence-electron chi connectivity index (χ4n) is 2.68. The second-order valence-electron chi connectivity index (χ2n) is 5.64. The molecule has 0 amide bonds. The Labute approximate surface area is 137 Å². The van der Waals surface area contributed by atoms with E-state index in [9.17, 15) is 4.79 Å². The number of rotatable bonds is 8. The number of aliphatic hydroxyl groups excluding tert-OH is 1. The van der Waals surface area contributed by atoms with E-state index in [1.54, 1.807) is 0 Å². The summed E-state index contributed by atoms with van der Waals surface area (Å²) in [4.78, 5) is 11.4. The summed E-state index contributed by atoms with van der Waals surface area (Å²) in [5.41, 5.74) is 4.53. The highest BCUT2D eigenvalue weighted by Gasteiger charge is 2.06. The summed E-state index contributed by atoms with van der Waals surface area (Å²) in [7, 11) is 1.39. The number of ether oxygens (including phenoxy) is 1. The van der Waals surface area contributed by atoms with Crippen LogP contribution in [-0.4, -0.2) is 24.8 Å². The molecule has 0 bridgehead atoms. The molecule has 3 heteroatoms. The highest BCUT2D eigenvalue weighted by molar-refractivity contribution is 5.89. The number of aliphatic hydroxyl groups is 1. The lowest BCUT2D eigenvalue weighted by Crippen LogP contribution is -2.02. The average Bonchev–Trinajstić information content (AvgIpc) is 2.61. The Morgan fingerprint density at radius 3 is 2.17 bits per heavy atom. The molecule has 1 N–H and O–H groups in total. The Bertz CT molecular complexity index is 617. The quantitative estimate of drug-likeness (QED) is 0.599. The third-order valence-electron chi connectivity index (χ3n) is 4.03. The zero-order valence-corrected chi connectivity index (χ0v) is 13.6. The zero-order valence-electron chi connectivity index (χ0n) is 13.6. The van der Waals surface area contributed by atoms with Gasteiger partial charge in [-0.05, 0) is 60.9 Å². The molecule has 0 aliphatic carbocycles. The smallest absolute Gasteiger partial charge is 0.337 e. The van der Waals surface area contributed by atoms with Crippen molar-refractivity contribution in [3.8, 4) is 0 Å². The lowest BCUT2D eigenvalue weighted by Gasteiger charge is -2.09. The molecule has 2 rings (SSSR count). The van der Waals surface area contributed by atoms with Crippen LogP contribution in [0.4, 0.5) is 0 Å². The number of methoxy groups -OCH3 is 1. The summed E-state index contributed by atoms with van der Waals surface area (Å²) >= 11 is 0. The first-order valence-electron chi connectivity index (χ1n) is 8.09. The summed E-state index contributed by atoms with van der Waals surface area (Å²) in [6, 6.07) is 16.1. The van der Waals surface area contributed by atoms with Gasteiger partial charge in [-0.1, -0.05) is 36.4 Å². The third kappa shape index (κ3) is 5.22. The number of carbonyl (C=O) groups is 1. The molecule has 0 aliphatic rings. The Hall–Kier alpha value is -2.13. The topological polar surface area (TPSA) is 46.5 Å². The number of aryl methyl sites for hydroxylation is 3. The fourth-order valence-corrected chi connectivity index (χ4v) is 2.68. The largest absolute Gasteiger partial charge is 0.465 e. The molecule has 0 aromatic heterocycles. The Morgan fingerprint density at radius 1 is 0.913 bits per heavy atom. The van der Waals surface area contributed by atoms with Gasteiger partial charge in [0.1, 0.15) is 0 Å². The minimum absolute atomic E-state index is 0.259. The van der Waals surface area contributed by atoms with Crippen molar-refractivity contribution in [2.24, 2.45) is 0 Å². The fraction of sp³-hybridized carbons (Fsp3) is 0.350. The van der Waals surface area contributed by atoms with Crippen molar-refractivity contribution in [2.75, 3.05) is 13.7 Å². The maximum Gasteiger partial charge on any atom is 0.337 e. The molecule has 3 nitrogen and oxygen atoms in total. The Balaban J connectivity index is 1.96. The molecule has 0 heterocycles. The van der Waals surface area contributed by atoms with Crippen LogP contribution in [0.25, 0.3) is 0 Å². The minimum atomic E-state index is -0.300. The van der Waals surface area contributed by atoms with Gasteiger partial charge in [-0.15, -0.1) is 0 Å². The van der Waals surface area contributed by atoms with Crippen LogP contribution >= 0.6 is 0 Å². The van der Waals surface area contributed by atoms with Crippen LogP contribution in [0.3, 0.4) is 0 Å². The molecular weight excluding hydrogens is 288 g/mol. The number of benzene rings is 2. The van der Waals surface area contributed by atoms with Crippen LogP contribution in [0.1, 0.15) is 39.9 Å². The van der Waals surface area contributed by atoms with E-state index in [1.807, 2.05) is 24.3 Å². The molecule has 2 aromatic carbocycles. The first-order valence-corrected chi connectivity index (χ1v) is 8.09. The Morgan fingerprint density at radius 2 is 1.57 bits per heavy atom. The normalized spacial score (nSPS) is 10.5. The monoisotopic (exact) mass is 312 g/mol. The van der Waals surface area contributed by atoms with Crippen LogP contribution < -0.4 is 0 Å². The number of carbonyl (C=O) groups excluding carboxylic acids is 1. The van der Waals surface area contributed by atoms with E-state index in [0.29, 0.717) is 5.56 Å². The van der Waals surface area contributed by atoms with Crippen LogP contribution in [0, 0.1) is 0 Å². The number of unbranched alkanes of at least 4 members (excludes halogenated alkanes) is 1. The van der Waals surface area contributed by atoms with Gasteiger partial charge in [-0.25, -0.2) is 4.79 Å².